The second-order valence-electron chi connectivity index (χ2n) is 12.1. The number of para-hydroxylation sites is 3. The summed E-state index contributed by atoms with van der Waals surface area (Å²) in [5.41, 5.74) is 11.3. The van der Waals surface area contributed by atoms with Crippen molar-refractivity contribution >= 4 is 78.5 Å². The maximum absolute atomic E-state index is 2.47. The van der Waals surface area contributed by atoms with Gasteiger partial charge in [0.25, 0.3) is 0 Å². The molecule has 0 bridgehead atoms. The normalized spacial score (nSPS) is 12.7. The fourth-order valence-electron chi connectivity index (χ4n) is 7.66. The zero-order valence-electron chi connectivity index (χ0n) is 25.0. The highest BCUT2D eigenvalue weighted by atomic mass is 32.2. The first kappa shape index (κ1) is 25.8. The van der Waals surface area contributed by atoms with Crippen molar-refractivity contribution in [2.24, 2.45) is 0 Å². The second-order valence-corrected chi connectivity index (χ2v) is 13.2. The van der Waals surface area contributed by atoms with Gasteiger partial charge in [0.15, 0.2) is 0 Å². The molecule has 2 aromatic heterocycles. The third-order valence-corrected chi connectivity index (χ3v) is 10.8. The van der Waals surface area contributed by atoms with Gasteiger partial charge in [0.2, 0.25) is 6.71 Å². The molecule has 214 valence electrons. The maximum atomic E-state index is 2.47. The first-order valence-electron chi connectivity index (χ1n) is 15.8. The number of benzene rings is 7. The third kappa shape index (κ3) is 3.74. The summed E-state index contributed by atoms with van der Waals surface area (Å²) in [6, 6.07) is 60.1. The van der Waals surface area contributed by atoms with Gasteiger partial charge in [-0.05, 0) is 54.6 Å². The molecule has 0 amide bonds. The quantitative estimate of drug-likeness (QED) is 0.184. The molecule has 0 unspecified atom stereocenters. The molecule has 9 aromatic rings. The van der Waals surface area contributed by atoms with Crippen LogP contribution in [0.5, 0.6) is 0 Å². The molecule has 0 fully saturated rings. The Kier molecular flexibility index (Phi) is 5.64. The van der Waals surface area contributed by atoms with Crippen molar-refractivity contribution in [2.75, 3.05) is 0 Å². The monoisotopic (exact) mass is 602 g/mol. The molecule has 4 heteroatoms. The van der Waals surface area contributed by atoms with Crippen molar-refractivity contribution in [1.29, 1.82) is 0 Å². The van der Waals surface area contributed by atoms with E-state index in [-0.39, 0.29) is 6.71 Å². The van der Waals surface area contributed by atoms with Crippen LogP contribution in [0.4, 0.5) is 0 Å². The minimum absolute atomic E-state index is 0.210. The van der Waals surface area contributed by atoms with Crippen LogP contribution < -0.4 is 16.4 Å². The van der Waals surface area contributed by atoms with Crippen LogP contribution in [0.2, 0.25) is 0 Å². The predicted molar refractivity (Wildman–Crippen MR) is 197 cm³/mol. The molecule has 3 heterocycles. The molecule has 0 radical (unpaired) electrons. The van der Waals surface area contributed by atoms with E-state index < -0.39 is 0 Å². The highest BCUT2D eigenvalue weighted by Crippen LogP contribution is 2.40. The molecule has 7 aromatic carbocycles. The molecule has 46 heavy (non-hydrogen) atoms. The Bertz CT molecular complexity index is 2620. The van der Waals surface area contributed by atoms with E-state index in [1.807, 2.05) is 11.8 Å². The van der Waals surface area contributed by atoms with Gasteiger partial charge in [0, 0.05) is 42.7 Å². The number of fused-ring (bicyclic) bond motifs is 8. The lowest BCUT2D eigenvalue weighted by Crippen LogP contribution is -2.55. The smallest absolute Gasteiger partial charge is 0.244 e. The summed E-state index contributed by atoms with van der Waals surface area (Å²) in [5, 5.41) is 5.10. The summed E-state index contributed by atoms with van der Waals surface area (Å²) >= 11 is 1.89. The van der Waals surface area contributed by atoms with Crippen LogP contribution >= 0.6 is 11.8 Å². The molecule has 1 aliphatic rings. The van der Waals surface area contributed by atoms with Crippen molar-refractivity contribution in [3.8, 4) is 11.4 Å². The summed E-state index contributed by atoms with van der Waals surface area (Å²) in [5.74, 6) is 0. The third-order valence-electron chi connectivity index (χ3n) is 9.63. The van der Waals surface area contributed by atoms with Crippen molar-refractivity contribution in [3.63, 3.8) is 0 Å². The van der Waals surface area contributed by atoms with E-state index in [1.54, 1.807) is 0 Å². The van der Waals surface area contributed by atoms with Gasteiger partial charge in [-0.15, -0.1) is 0 Å². The Morgan fingerprint density at radius 3 is 1.65 bits per heavy atom. The molecule has 0 saturated heterocycles. The van der Waals surface area contributed by atoms with Gasteiger partial charge in [-0.25, -0.2) is 0 Å². The van der Waals surface area contributed by atoms with Crippen molar-refractivity contribution in [1.82, 2.24) is 9.13 Å². The summed E-state index contributed by atoms with van der Waals surface area (Å²) in [6.07, 6.45) is 0. The van der Waals surface area contributed by atoms with Crippen LogP contribution in [-0.4, -0.2) is 15.8 Å². The first-order valence-corrected chi connectivity index (χ1v) is 16.6. The van der Waals surface area contributed by atoms with Crippen LogP contribution in [0.1, 0.15) is 0 Å². The van der Waals surface area contributed by atoms with Crippen LogP contribution in [0.3, 0.4) is 0 Å². The SMILES string of the molecule is c1ccc(B2c3ccccc3Sc3cc(-n4c5ccccc5c5cc6c7ccccc7n(-c7ccccc7)c6cc54)ccc32)cc1. The topological polar surface area (TPSA) is 9.86 Å². The maximum Gasteiger partial charge on any atom is 0.244 e. The summed E-state index contributed by atoms with van der Waals surface area (Å²) in [7, 11) is 0. The number of hydrogen-bond donors (Lipinski definition) is 0. The zero-order valence-corrected chi connectivity index (χ0v) is 25.8. The van der Waals surface area contributed by atoms with E-state index in [9.17, 15) is 0 Å². The lowest BCUT2D eigenvalue weighted by Gasteiger charge is -2.27. The average Bonchev–Trinajstić information content (AvgIpc) is 3.62. The fraction of sp³-hybridized carbons (Fsp3) is 0. The summed E-state index contributed by atoms with van der Waals surface area (Å²) in [6.45, 7) is 0.210. The van der Waals surface area contributed by atoms with E-state index in [4.69, 9.17) is 0 Å². The van der Waals surface area contributed by atoms with Gasteiger partial charge in [-0.1, -0.05) is 137 Å². The summed E-state index contributed by atoms with van der Waals surface area (Å²) in [4.78, 5) is 2.65. The average molecular weight is 603 g/mol. The molecule has 0 saturated carbocycles. The second kappa shape index (κ2) is 10.0. The number of aromatic nitrogens is 2. The van der Waals surface area contributed by atoms with Gasteiger partial charge in [-0.2, -0.15) is 0 Å². The van der Waals surface area contributed by atoms with Crippen LogP contribution in [-0.2, 0) is 0 Å². The van der Waals surface area contributed by atoms with Gasteiger partial charge in [0.1, 0.15) is 0 Å². The van der Waals surface area contributed by atoms with E-state index in [2.05, 4.69) is 173 Å². The van der Waals surface area contributed by atoms with E-state index in [0.29, 0.717) is 0 Å². The van der Waals surface area contributed by atoms with E-state index in [0.717, 1.165) is 0 Å². The van der Waals surface area contributed by atoms with Crippen LogP contribution in [0, 0.1) is 0 Å². The lowest BCUT2D eigenvalue weighted by atomic mass is 9.36. The molecular weight excluding hydrogens is 575 g/mol. The molecule has 0 atom stereocenters. The Morgan fingerprint density at radius 1 is 0.370 bits per heavy atom. The fourth-order valence-corrected chi connectivity index (χ4v) is 8.83. The molecule has 0 N–H and O–H groups in total. The minimum atomic E-state index is 0.210. The van der Waals surface area contributed by atoms with E-state index >= 15 is 0 Å². The van der Waals surface area contributed by atoms with Crippen molar-refractivity contribution < 1.29 is 0 Å². The first-order chi connectivity index (χ1) is 22.8. The molecule has 0 spiro atoms. The van der Waals surface area contributed by atoms with Crippen LogP contribution in [0.15, 0.2) is 174 Å². The Morgan fingerprint density at radius 2 is 0.935 bits per heavy atom. The number of hydrogen-bond acceptors (Lipinski definition) is 1. The molecule has 10 rings (SSSR count). The van der Waals surface area contributed by atoms with Gasteiger partial charge < -0.3 is 9.13 Å². The van der Waals surface area contributed by atoms with Gasteiger partial charge in [0.05, 0.1) is 22.1 Å². The van der Waals surface area contributed by atoms with Gasteiger partial charge >= 0.3 is 0 Å². The largest absolute Gasteiger partial charge is 0.309 e. The minimum Gasteiger partial charge on any atom is -0.309 e. The Hall–Kier alpha value is -5.45. The highest BCUT2D eigenvalue weighted by Gasteiger charge is 2.31. The van der Waals surface area contributed by atoms with Crippen LogP contribution in [0.25, 0.3) is 55.0 Å². The Labute approximate surface area is 271 Å². The number of rotatable bonds is 3. The van der Waals surface area contributed by atoms with E-state index in [1.165, 1.54) is 81.2 Å². The standard InChI is InChI=1S/C42H27BN2S/c1-3-13-28(14-4-1)43-35-19-9-12-22-41(35)46-42-25-30(23-24-36(42)43)45-38-21-11-8-18-32(38)34-26-33-31-17-7-10-20-37(31)44(39(33)27-40(34)45)29-15-5-2-6-16-29/h1-27H. The van der Waals surface area contributed by atoms with Crippen molar-refractivity contribution in [3.05, 3.63) is 164 Å². The molecule has 0 aliphatic carbocycles. The highest BCUT2D eigenvalue weighted by molar-refractivity contribution is 8.00. The molecular formula is C42H27BN2S. The zero-order chi connectivity index (χ0) is 30.2. The lowest BCUT2D eigenvalue weighted by molar-refractivity contribution is 1.16. The van der Waals surface area contributed by atoms with Gasteiger partial charge in [-0.3, -0.25) is 0 Å². The Balaban J connectivity index is 1.25. The molecule has 1 aliphatic heterocycles. The number of nitrogens with zero attached hydrogens (tertiary/aromatic N) is 2. The molecule has 2 nitrogen and oxygen atoms in total. The van der Waals surface area contributed by atoms with Crippen molar-refractivity contribution in [2.45, 2.75) is 9.79 Å². The summed E-state index contributed by atoms with van der Waals surface area (Å²) < 4.78 is 4.88. The predicted octanol–water partition coefficient (Wildman–Crippen LogP) is 8.86.